The summed E-state index contributed by atoms with van der Waals surface area (Å²) in [7, 11) is 0. The third-order valence-corrected chi connectivity index (χ3v) is 1.93. The molecule has 1 amide bonds. The lowest BCUT2D eigenvalue weighted by atomic mass is 10.1. The first-order chi connectivity index (χ1) is 6.27. The van der Waals surface area contributed by atoms with E-state index < -0.39 is 0 Å². The smallest absolute Gasteiger partial charge is 0.247 e. The number of pyridine rings is 1. The molecule has 2 rings (SSSR count). The summed E-state index contributed by atoms with van der Waals surface area (Å²) in [4.78, 5) is 18.9. The number of nitrogens with zero attached hydrogens (tertiary/aromatic N) is 2. The summed E-state index contributed by atoms with van der Waals surface area (Å²) >= 11 is 0. The Balaban J connectivity index is 2.37. The molecule has 1 aromatic heterocycles. The molecule has 0 bridgehead atoms. The molecular formula is C9H9N3O. The number of aliphatic imine (C=N–C) groups is 1. The standard InChI is InChI=1S/C9H9N3O/c1-6-2-3-10-4-7(6)9-11-5-8(13)12-9/h2-4H,5H2,1H3,(H,11,12,13). The highest BCUT2D eigenvalue weighted by molar-refractivity contribution is 6.12. The van der Waals surface area contributed by atoms with Crippen LogP contribution in [0.3, 0.4) is 0 Å². The second-order valence-electron chi connectivity index (χ2n) is 2.90. The first-order valence-electron chi connectivity index (χ1n) is 4.02. The average Bonchev–Trinajstić information content (AvgIpc) is 2.53. The Morgan fingerprint density at radius 3 is 3.00 bits per heavy atom. The van der Waals surface area contributed by atoms with Crippen molar-refractivity contribution < 1.29 is 4.79 Å². The van der Waals surface area contributed by atoms with E-state index in [0.717, 1.165) is 11.1 Å². The van der Waals surface area contributed by atoms with E-state index in [1.165, 1.54) is 0 Å². The number of carbonyl (C=O) groups excluding carboxylic acids is 1. The first kappa shape index (κ1) is 7.91. The lowest BCUT2D eigenvalue weighted by molar-refractivity contribution is -0.117. The van der Waals surface area contributed by atoms with Gasteiger partial charge in [0.25, 0.3) is 0 Å². The Morgan fingerprint density at radius 1 is 1.54 bits per heavy atom. The van der Waals surface area contributed by atoms with Crippen molar-refractivity contribution in [3.63, 3.8) is 0 Å². The highest BCUT2D eigenvalue weighted by Crippen LogP contribution is 2.07. The fraction of sp³-hybridized carbons (Fsp3) is 0.222. The summed E-state index contributed by atoms with van der Waals surface area (Å²) in [6, 6.07) is 1.89. The molecule has 0 radical (unpaired) electrons. The number of hydrogen-bond donors (Lipinski definition) is 1. The number of amidine groups is 1. The summed E-state index contributed by atoms with van der Waals surface area (Å²) in [5.74, 6) is 0.578. The molecule has 13 heavy (non-hydrogen) atoms. The van der Waals surface area contributed by atoms with Crippen molar-refractivity contribution in [3.05, 3.63) is 29.6 Å². The van der Waals surface area contributed by atoms with Crippen LogP contribution in [0.15, 0.2) is 23.5 Å². The number of carbonyl (C=O) groups is 1. The van der Waals surface area contributed by atoms with Crippen LogP contribution in [0, 0.1) is 6.92 Å². The van der Waals surface area contributed by atoms with Crippen LogP contribution in [0.25, 0.3) is 0 Å². The molecule has 0 fully saturated rings. The number of aromatic nitrogens is 1. The minimum Gasteiger partial charge on any atom is -0.309 e. The largest absolute Gasteiger partial charge is 0.309 e. The molecule has 4 nitrogen and oxygen atoms in total. The molecule has 0 aromatic carbocycles. The summed E-state index contributed by atoms with van der Waals surface area (Å²) < 4.78 is 0. The Morgan fingerprint density at radius 2 is 2.38 bits per heavy atom. The lowest BCUT2D eigenvalue weighted by Gasteiger charge is -2.03. The fourth-order valence-electron chi connectivity index (χ4n) is 1.23. The third-order valence-electron chi connectivity index (χ3n) is 1.93. The molecule has 2 heterocycles. The van der Waals surface area contributed by atoms with Gasteiger partial charge in [-0.15, -0.1) is 0 Å². The molecule has 0 aliphatic carbocycles. The maximum Gasteiger partial charge on any atom is 0.247 e. The van der Waals surface area contributed by atoms with Crippen molar-refractivity contribution in [1.82, 2.24) is 10.3 Å². The zero-order chi connectivity index (χ0) is 9.26. The Kier molecular flexibility index (Phi) is 1.81. The topological polar surface area (TPSA) is 54.4 Å². The summed E-state index contributed by atoms with van der Waals surface area (Å²) in [5.41, 5.74) is 1.96. The van der Waals surface area contributed by atoms with E-state index in [-0.39, 0.29) is 12.5 Å². The Hall–Kier alpha value is -1.71. The van der Waals surface area contributed by atoms with Crippen molar-refractivity contribution in [1.29, 1.82) is 0 Å². The van der Waals surface area contributed by atoms with E-state index in [0.29, 0.717) is 5.84 Å². The van der Waals surface area contributed by atoms with E-state index in [1.54, 1.807) is 12.4 Å². The van der Waals surface area contributed by atoms with E-state index in [4.69, 9.17) is 0 Å². The quantitative estimate of drug-likeness (QED) is 0.666. The molecule has 1 aliphatic heterocycles. The van der Waals surface area contributed by atoms with Crippen LogP contribution in [-0.2, 0) is 4.79 Å². The lowest BCUT2D eigenvalue weighted by Crippen LogP contribution is -2.25. The maximum absolute atomic E-state index is 10.9. The van der Waals surface area contributed by atoms with Crippen molar-refractivity contribution in [2.24, 2.45) is 4.99 Å². The monoisotopic (exact) mass is 175 g/mol. The highest BCUT2D eigenvalue weighted by Gasteiger charge is 2.15. The summed E-state index contributed by atoms with van der Waals surface area (Å²) in [5, 5.41) is 2.68. The summed E-state index contributed by atoms with van der Waals surface area (Å²) in [6.07, 6.45) is 3.43. The van der Waals surface area contributed by atoms with Gasteiger partial charge in [-0.3, -0.25) is 14.8 Å². The molecule has 0 spiro atoms. The van der Waals surface area contributed by atoms with Crippen LogP contribution in [0.5, 0.6) is 0 Å². The zero-order valence-corrected chi connectivity index (χ0v) is 7.24. The number of aryl methyl sites for hydroxylation is 1. The number of hydrogen-bond acceptors (Lipinski definition) is 3. The minimum atomic E-state index is -0.0572. The van der Waals surface area contributed by atoms with Crippen molar-refractivity contribution in [2.45, 2.75) is 6.92 Å². The number of amides is 1. The van der Waals surface area contributed by atoms with Crippen LogP contribution in [0.1, 0.15) is 11.1 Å². The summed E-state index contributed by atoms with van der Waals surface area (Å²) in [6.45, 7) is 2.19. The van der Waals surface area contributed by atoms with Gasteiger partial charge in [-0.1, -0.05) is 0 Å². The normalized spacial score (nSPS) is 15.5. The van der Waals surface area contributed by atoms with Crippen LogP contribution >= 0.6 is 0 Å². The van der Waals surface area contributed by atoms with E-state index in [1.807, 2.05) is 13.0 Å². The van der Waals surface area contributed by atoms with E-state index >= 15 is 0 Å². The van der Waals surface area contributed by atoms with Crippen molar-refractivity contribution in [2.75, 3.05) is 6.54 Å². The van der Waals surface area contributed by atoms with Crippen LogP contribution in [-0.4, -0.2) is 23.3 Å². The van der Waals surface area contributed by atoms with Gasteiger partial charge in [0.05, 0.1) is 0 Å². The fourth-order valence-corrected chi connectivity index (χ4v) is 1.23. The molecule has 1 N–H and O–H groups in total. The molecular weight excluding hydrogens is 166 g/mol. The SMILES string of the molecule is Cc1ccncc1C1=NCC(=O)N1. The molecule has 1 aromatic rings. The highest BCUT2D eigenvalue weighted by atomic mass is 16.2. The van der Waals surface area contributed by atoms with E-state index in [2.05, 4.69) is 15.3 Å². The predicted molar refractivity (Wildman–Crippen MR) is 48.5 cm³/mol. The van der Waals surface area contributed by atoms with E-state index in [9.17, 15) is 4.79 Å². The average molecular weight is 175 g/mol. The number of nitrogens with one attached hydrogen (secondary N) is 1. The molecule has 4 heteroatoms. The second-order valence-corrected chi connectivity index (χ2v) is 2.90. The van der Waals surface area contributed by atoms with Crippen LogP contribution in [0.4, 0.5) is 0 Å². The van der Waals surface area contributed by atoms with Gasteiger partial charge in [-0.2, -0.15) is 0 Å². The Bertz CT molecular complexity index is 384. The second kappa shape index (κ2) is 2.97. The molecule has 0 atom stereocenters. The van der Waals surface area contributed by atoms with Crippen molar-refractivity contribution >= 4 is 11.7 Å². The van der Waals surface area contributed by atoms with Gasteiger partial charge >= 0.3 is 0 Å². The van der Waals surface area contributed by atoms with Gasteiger partial charge in [0, 0.05) is 18.0 Å². The van der Waals surface area contributed by atoms with Gasteiger partial charge in [0.2, 0.25) is 5.91 Å². The van der Waals surface area contributed by atoms with Crippen molar-refractivity contribution in [3.8, 4) is 0 Å². The van der Waals surface area contributed by atoms with Crippen LogP contribution in [0.2, 0.25) is 0 Å². The number of rotatable bonds is 1. The Labute approximate surface area is 75.7 Å². The molecule has 0 saturated carbocycles. The maximum atomic E-state index is 10.9. The third kappa shape index (κ3) is 1.42. The minimum absolute atomic E-state index is 0.0572. The van der Waals surface area contributed by atoms with Gasteiger partial charge < -0.3 is 5.32 Å². The van der Waals surface area contributed by atoms with Gasteiger partial charge in [0.1, 0.15) is 12.4 Å². The van der Waals surface area contributed by atoms with Gasteiger partial charge in [-0.05, 0) is 18.6 Å². The molecule has 66 valence electrons. The van der Waals surface area contributed by atoms with Gasteiger partial charge in [-0.25, -0.2) is 0 Å². The molecule has 0 saturated heterocycles. The van der Waals surface area contributed by atoms with Crippen LogP contribution < -0.4 is 5.32 Å². The predicted octanol–water partition coefficient (Wildman–Crippen LogP) is 0.266. The molecule has 1 aliphatic rings. The first-order valence-corrected chi connectivity index (χ1v) is 4.02. The zero-order valence-electron chi connectivity index (χ0n) is 7.24. The molecule has 0 unspecified atom stereocenters. The van der Waals surface area contributed by atoms with Gasteiger partial charge in [0.15, 0.2) is 0 Å².